The van der Waals surface area contributed by atoms with Crippen LogP contribution >= 0.6 is 0 Å². The van der Waals surface area contributed by atoms with Crippen LogP contribution in [-0.4, -0.2) is 29.6 Å². The highest BCUT2D eigenvalue weighted by Crippen LogP contribution is 2.43. The molecular weight excluding hydrogens is 222 g/mol. The number of hydrazine groups is 1. The molecule has 3 nitrogen and oxygen atoms in total. The van der Waals surface area contributed by atoms with Crippen molar-refractivity contribution >= 4 is 0 Å². The van der Waals surface area contributed by atoms with E-state index >= 15 is 0 Å². The average molecular weight is 251 g/mol. The van der Waals surface area contributed by atoms with Gasteiger partial charge in [-0.05, 0) is 51.1 Å². The zero-order valence-corrected chi connectivity index (χ0v) is 11.7. The Morgan fingerprint density at radius 2 is 1.72 bits per heavy atom. The third-order valence-electron chi connectivity index (χ3n) is 5.85. The van der Waals surface area contributed by atoms with E-state index in [9.17, 15) is 0 Å². The molecule has 104 valence electrons. The second-order valence-electron chi connectivity index (χ2n) is 6.76. The van der Waals surface area contributed by atoms with Crippen LogP contribution in [0, 0.1) is 5.92 Å². The number of hydrogen-bond donors (Lipinski definition) is 2. The zero-order valence-electron chi connectivity index (χ0n) is 11.7. The Hall–Kier alpha value is -0.120. The lowest BCUT2D eigenvalue weighted by atomic mass is 9.75. The maximum atomic E-state index is 5.96. The zero-order chi connectivity index (χ0) is 12.4. The second-order valence-corrected chi connectivity index (χ2v) is 6.76. The van der Waals surface area contributed by atoms with Crippen molar-refractivity contribution in [3.05, 3.63) is 0 Å². The molecule has 1 unspecified atom stereocenters. The Morgan fingerprint density at radius 3 is 2.22 bits per heavy atom. The summed E-state index contributed by atoms with van der Waals surface area (Å²) >= 11 is 0. The molecule has 0 spiro atoms. The van der Waals surface area contributed by atoms with Crippen molar-refractivity contribution in [1.82, 2.24) is 10.3 Å². The van der Waals surface area contributed by atoms with E-state index in [4.69, 9.17) is 5.84 Å². The standard InChI is InChI=1S/C15H29N3/c16-17-14(12-13-6-5-7-13)15(8-1-2-9-15)18-10-3-4-11-18/h13-14,17H,1-12,16H2. The Kier molecular flexibility index (Phi) is 3.92. The van der Waals surface area contributed by atoms with E-state index < -0.39 is 0 Å². The topological polar surface area (TPSA) is 41.3 Å². The van der Waals surface area contributed by atoms with Crippen LogP contribution in [0.4, 0.5) is 0 Å². The number of rotatable bonds is 5. The normalized spacial score (nSPS) is 30.5. The van der Waals surface area contributed by atoms with Gasteiger partial charge < -0.3 is 0 Å². The number of hydrogen-bond acceptors (Lipinski definition) is 3. The summed E-state index contributed by atoms with van der Waals surface area (Å²) in [6, 6.07) is 0.531. The maximum Gasteiger partial charge on any atom is 0.0397 e. The monoisotopic (exact) mass is 251 g/mol. The van der Waals surface area contributed by atoms with Crippen LogP contribution in [0.1, 0.15) is 64.2 Å². The Bertz CT molecular complexity index is 263. The van der Waals surface area contributed by atoms with E-state index in [0.29, 0.717) is 11.6 Å². The summed E-state index contributed by atoms with van der Waals surface area (Å²) in [4.78, 5) is 2.78. The summed E-state index contributed by atoms with van der Waals surface area (Å²) in [5, 5.41) is 0. The van der Waals surface area contributed by atoms with E-state index in [1.165, 1.54) is 77.3 Å². The molecule has 0 aromatic carbocycles. The van der Waals surface area contributed by atoms with Gasteiger partial charge in [0, 0.05) is 11.6 Å². The van der Waals surface area contributed by atoms with E-state index in [1.54, 1.807) is 0 Å². The van der Waals surface area contributed by atoms with Crippen LogP contribution in [-0.2, 0) is 0 Å². The summed E-state index contributed by atoms with van der Waals surface area (Å²) < 4.78 is 0. The molecule has 1 atom stereocenters. The molecule has 0 aromatic heterocycles. The maximum absolute atomic E-state index is 5.96. The Balaban J connectivity index is 1.72. The number of likely N-dealkylation sites (tertiary alicyclic amines) is 1. The predicted octanol–water partition coefficient (Wildman–Crippen LogP) is 2.42. The van der Waals surface area contributed by atoms with Crippen molar-refractivity contribution in [2.45, 2.75) is 75.8 Å². The molecule has 0 amide bonds. The predicted molar refractivity (Wildman–Crippen MR) is 75.1 cm³/mol. The van der Waals surface area contributed by atoms with Gasteiger partial charge in [0.1, 0.15) is 0 Å². The SMILES string of the molecule is NNC(CC1CCC1)C1(N2CCCC2)CCCC1. The molecule has 1 saturated heterocycles. The molecule has 0 aromatic rings. The summed E-state index contributed by atoms with van der Waals surface area (Å²) in [6.07, 6.45) is 14.0. The fourth-order valence-electron chi connectivity index (χ4n) is 4.54. The third-order valence-corrected chi connectivity index (χ3v) is 5.85. The van der Waals surface area contributed by atoms with Gasteiger partial charge in [0.25, 0.3) is 0 Å². The van der Waals surface area contributed by atoms with E-state index in [0.717, 1.165) is 5.92 Å². The van der Waals surface area contributed by atoms with Crippen molar-refractivity contribution in [1.29, 1.82) is 0 Å². The molecule has 18 heavy (non-hydrogen) atoms. The first-order chi connectivity index (χ1) is 8.85. The minimum absolute atomic E-state index is 0.404. The highest BCUT2D eigenvalue weighted by atomic mass is 15.3. The molecule has 1 heterocycles. The number of nitrogens with zero attached hydrogens (tertiary/aromatic N) is 1. The lowest BCUT2D eigenvalue weighted by molar-refractivity contribution is 0.0581. The highest BCUT2D eigenvalue weighted by Gasteiger charge is 2.47. The summed E-state index contributed by atoms with van der Waals surface area (Å²) in [5.41, 5.74) is 3.62. The summed E-state index contributed by atoms with van der Waals surface area (Å²) in [5.74, 6) is 6.91. The van der Waals surface area contributed by atoms with Gasteiger partial charge in [0.2, 0.25) is 0 Å². The fourth-order valence-corrected chi connectivity index (χ4v) is 4.54. The van der Waals surface area contributed by atoms with Gasteiger partial charge in [0.05, 0.1) is 0 Å². The van der Waals surface area contributed by atoms with Crippen molar-refractivity contribution in [2.75, 3.05) is 13.1 Å². The van der Waals surface area contributed by atoms with Crippen LogP contribution in [0.3, 0.4) is 0 Å². The van der Waals surface area contributed by atoms with Gasteiger partial charge in [-0.15, -0.1) is 0 Å². The molecule has 2 aliphatic carbocycles. The minimum atomic E-state index is 0.404. The molecule has 3 heteroatoms. The lowest BCUT2D eigenvalue weighted by Crippen LogP contribution is -2.61. The van der Waals surface area contributed by atoms with Crippen LogP contribution in [0.15, 0.2) is 0 Å². The first-order valence-corrected chi connectivity index (χ1v) is 8.06. The number of nitrogens with two attached hydrogens (primary N) is 1. The van der Waals surface area contributed by atoms with Gasteiger partial charge in [-0.1, -0.05) is 32.1 Å². The lowest BCUT2D eigenvalue weighted by Gasteiger charge is -2.46. The second kappa shape index (κ2) is 5.48. The van der Waals surface area contributed by atoms with Crippen LogP contribution < -0.4 is 11.3 Å². The number of nitrogens with one attached hydrogen (secondary N) is 1. The van der Waals surface area contributed by atoms with Crippen molar-refractivity contribution in [3.8, 4) is 0 Å². The van der Waals surface area contributed by atoms with Crippen LogP contribution in [0.5, 0.6) is 0 Å². The Labute approximate surface area is 111 Å². The molecule has 3 fully saturated rings. The van der Waals surface area contributed by atoms with E-state index in [1.807, 2.05) is 0 Å². The molecule has 0 radical (unpaired) electrons. The van der Waals surface area contributed by atoms with Gasteiger partial charge >= 0.3 is 0 Å². The molecule has 3 aliphatic rings. The average Bonchev–Trinajstić information content (AvgIpc) is 2.99. The summed E-state index contributed by atoms with van der Waals surface area (Å²) in [6.45, 7) is 2.62. The van der Waals surface area contributed by atoms with Gasteiger partial charge in [0.15, 0.2) is 0 Å². The molecule has 0 bridgehead atoms. The van der Waals surface area contributed by atoms with Crippen molar-refractivity contribution in [3.63, 3.8) is 0 Å². The third kappa shape index (κ3) is 2.21. The van der Waals surface area contributed by atoms with Crippen LogP contribution in [0.2, 0.25) is 0 Å². The largest absolute Gasteiger partial charge is 0.296 e. The van der Waals surface area contributed by atoms with Gasteiger partial charge in [-0.2, -0.15) is 0 Å². The van der Waals surface area contributed by atoms with Crippen molar-refractivity contribution in [2.24, 2.45) is 11.8 Å². The van der Waals surface area contributed by atoms with Crippen molar-refractivity contribution < 1.29 is 0 Å². The molecular formula is C15H29N3. The molecule has 2 saturated carbocycles. The van der Waals surface area contributed by atoms with E-state index in [2.05, 4.69) is 10.3 Å². The smallest absolute Gasteiger partial charge is 0.0397 e. The fraction of sp³-hybridized carbons (Fsp3) is 1.00. The van der Waals surface area contributed by atoms with Gasteiger partial charge in [-0.3, -0.25) is 16.2 Å². The minimum Gasteiger partial charge on any atom is -0.296 e. The highest BCUT2D eigenvalue weighted by molar-refractivity contribution is 5.05. The molecule has 1 aliphatic heterocycles. The summed E-state index contributed by atoms with van der Waals surface area (Å²) in [7, 11) is 0. The first kappa shape index (κ1) is 12.9. The van der Waals surface area contributed by atoms with Gasteiger partial charge in [-0.25, -0.2) is 0 Å². The first-order valence-electron chi connectivity index (χ1n) is 8.06. The van der Waals surface area contributed by atoms with E-state index in [-0.39, 0.29) is 0 Å². The molecule has 3 N–H and O–H groups in total. The molecule has 3 rings (SSSR count). The Morgan fingerprint density at radius 1 is 1.06 bits per heavy atom. The van der Waals surface area contributed by atoms with Crippen LogP contribution in [0.25, 0.3) is 0 Å². The quantitative estimate of drug-likeness (QED) is 0.582.